The van der Waals surface area contributed by atoms with Crippen LogP contribution in [0.2, 0.25) is 10.0 Å². The summed E-state index contributed by atoms with van der Waals surface area (Å²) in [5.41, 5.74) is 2.02. The topological polar surface area (TPSA) is 107 Å². The number of rotatable bonds is 18. The van der Waals surface area contributed by atoms with E-state index in [1.165, 1.54) is 0 Å². The summed E-state index contributed by atoms with van der Waals surface area (Å²) in [6.07, 6.45) is 2.18. The van der Waals surface area contributed by atoms with Crippen molar-refractivity contribution in [2.75, 3.05) is 84.4 Å². The van der Waals surface area contributed by atoms with Crippen LogP contribution in [0.3, 0.4) is 0 Å². The first-order valence-corrected chi connectivity index (χ1v) is 16.5. The van der Waals surface area contributed by atoms with Crippen molar-refractivity contribution in [1.82, 2.24) is 9.80 Å². The van der Waals surface area contributed by atoms with Gasteiger partial charge in [-0.1, -0.05) is 41.4 Å². The van der Waals surface area contributed by atoms with Crippen LogP contribution < -0.4 is 4.72 Å². The van der Waals surface area contributed by atoms with E-state index in [1.807, 2.05) is 6.07 Å². The maximum atomic E-state index is 13.4. The Labute approximate surface area is 259 Å². The van der Waals surface area contributed by atoms with Gasteiger partial charge in [0.1, 0.15) is 0 Å². The van der Waals surface area contributed by atoms with Gasteiger partial charge in [-0.3, -0.25) is 14.4 Å². The zero-order chi connectivity index (χ0) is 30.5. The van der Waals surface area contributed by atoms with Crippen LogP contribution >= 0.6 is 23.2 Å². The van der Waals surface area contributed by atoms with Crippen LogP contribution in [0.1, 0.15) is 23.6 Å². The fraction of sp³-hybridized carbons (Fsp3) is 0.552. The van der Waals surface area contributed by atoms with E-state index < -0.39 is 10.0 Å². The molecule has 1 unspecified atom stereocenters. The number of ether oxygens (including phenoxy) is 4. The van der Waals surface area contributed by atoms with E-state index >= 15 is 0 Å². The predicted octanol–water partition coefficient (Wildman–Crippen LogP) is 3.88. The second-order valence-electron chi connectivity index (χ2n) is 10.2. The van der Waals surface area contributed by atoms with Crippen LogP contribution in [0.4, 0.5) is 5.69 Å². The van der Waals surface area contributed by atoms with Crippen molar-refractivity contribution in [2.45, 2.75) is 25.0 Å². The highest BCUT2D eigenvalue weighted by atomic mass is 35.5. The minimum Gasteiger partial charge on any atom is -0.382 e. The number of hydrogen-bond acceptors (Lipinski definition) is 8. The van der Waals surface area contributed by atoms with Gasteiger partial charge in [0, 0.05) is 39.5 Å². The first-order valence-electron chi connectivity index (χ1n) is 13.8. The van der Waals surface area contributed by atoms with Crippen molar-refractivity contribution in [3.8, 4) is 0 Å². The monoisotopic (exact) mass is 645 g/mol. The molecule has 1 fully saturated rings. The van der Waals surface area contributed by atoms with Crippen LogP contribution in [0.15, 0.2) is 42.5 Å². The molecule has 2 atom stereocenters. The molecule has 3 rings (SSSR count). The second-order valence-corrected chi connectivity index (χ2v) is 12.8. The minimum absolute atomic E-state index is 0.0580. The molecule has 1 N–H and O–H groups in total. The number of amides is 1. The van der Waals surface area contributed by atoms with E-state index in [1.54, 1.807) is 55.5 Å². The van der Waals surface area contributed by atoms with Gasteiger partial charge in [0.15, 0.2) is 0 Å². The van der Waals surface area contributed by atoms with E-state index in [2.05, 4.69) is 9.62 Å². The largest absolute Gasteiger partial charge is 0.382 e. The summed E-state index contributed by atoms with van der Waals surface area (Å²) in [6.45, 7) is 5.18. The Bertz CT molecular complexity index is 1250. The summed E-state index contributed by atoms with van der Waals surface area (Å²) in [7, 11) is -0.0574. The van der Waals surface area contributed by atoms with E-state index in [-0.39, 0.29) is 24.5 Å². The molecule has 10 nitrogen and oxygen atoms in total. The molecule has 42 heavy (non-hydrogen) atoms. The predicted molar refractivity (Wildman–Crippen MR) is 165 cm³/mol. The number of hydrogen-bond donors (Lipinski definition) is 1. The third-order valence-electron chi connectivity index (χ3n) is 6.82. The van der Waals surface area contributed by atoms with E-state index in [9.17, 15) is 13.2 Å². The molecule has 0 aromatic heterocycles. The normalized spacial score (nSPS) is 16.5. The van der Waals surface area contributed by atoms with E-state index in [4.69, 9.17) is 42.1 Å². The summed E-state index contributed by atoms with van der Waals surface area (Å²) in [5.74, 6) is -0.102. The van der Waals surface area contributed by atoms with E-state index in [0.29, 0.717) is 68.5 Å². The van der Waals surface area contributed by atoms with Gasteiger partial charge in [-0.15, -0.1) is 0 Å². The number of methoxy groups -OCH3 is 1. The fourth-order valence-corrected chi connectivity index (χ4v) is 5.56. The molecule has 1 aliphatic heterocycles. The quantitative estimate of drug-likeness (QED) is 0.244. The third-order valence-corrected chi connectivity index (χ3v) is 8.17. The second kappa shape index (κ2) is 17.4. The maximum absolute atomic E-state index is 13.4. The number of likely N-dealkylation sites (N-methyl/N-ethyl adjacent to an activating group) is 1. The van der Waals surface area contributed by atoms with Crippen LogP contribution in [0, 0.1) is 0 Å². The first-order chi connectivity index (χ1) is 20.1. The number of benzene rings is 2. The standard InChI is InChI=1S/C29H41Cl2N3O7S/c1-33(29(35)18-22-7-8-26(30)27(31)17-22)28(23-5-4-6-24(19-23)32-42(3,36)37)21-34-10-9-25(20-34)41-16-15-40-14-13-39-12-11-38-2/h4-8,17,19,25,28,32H,9-16,18,20-21H2,1-3H3/t25-,28?/m0/s1. The number of nitrogens with zero attached hydrogens (tertiary/aromatic N) is 2. The highest BCUT2D eigenvalue weighted by Gasteiger charge is 2.29. The Morgan fingerprint density at radius 1 is 1.05 bits per heavy atom. The summed E-state index contributed by atoms with van der Waals surface area (Å²) >= 11 is 12.2. The molecular formula is C29H41Cl2N3O7S. The van der Waals surface area contributed by atoms with Crippen molar-refractivity contribution >= 4 is 44.8 Å². The average molecular weight is 647 g/mol. The van der Waals surface area contributed by atoms with Crippen LogP contribution in [0.5, 0.6) is 0 Å². The SMILES string of the molecule is COCCOCCOCCO[C@H]1CCN(CC(c2cccc(NS(C)(=O)=O)c2)N(C)C(=O)Cc2ccc(Cl)c(Cl)c2)C1. The van der Waals surface area contributed by atoms with Crippen molar-refractivity contribution in [3.05, 3.63) is 63.6 Å². The molecule has 0 aliphatic carbocycles. The highest BCUT2D eigenvalue weighted by molar-refractivity contribution is 7.92. The van der Waals surface area contributed by atoms with Crippen molar-refractivity contribution in [3.63, 3.8) is 0 Å². The number of carbonyl (C=O) groups excluding carboxylic acids is 1. The van der Waals surface area contributed by atoms with Gasteiger partial charge in [-0.2, -0.15) is 0 Å². The number of nitrogens with one attached hydrogen (secondary N) is 1. The number of halogens is 2. The fourth-order valence-electron chi connectivity index (χ4n) is 4.68. The number of likely N-dealkylation sites (tertiary alicyclic amines) is 1. The van der Waals surface area contributed by atoms with Gasteiger partial charge < -0.3 is 23.8 Å². The average Bonchev–Trinajstić information content (AvgIpc) is 3.39. The Morgan fingerprint density at radius 3 is 2.45 bits per heavy atom. The smallest absolute Gasteiger partial charge is 0.229 e. The van der Waals surface area contributed by atoms with Gasteiger partial charge in [-0.25, -0.2) is 8.42 Å². The van der Waals surface area contributed by atoms with Crippen molar-refractivity contribution < 1.29 is 32.2 Å². The molecule has 1 aliphatic rings. The van der Waals surface area contributed by atoms with Gasteiger partial charge >= 0.3 is 0 Å². The first kappa shape index (κ1) is 34.5. The molecule has 1 amide bonds. The summed E-state index contributed by atoms with van der Waals surface area (Å²) in [6, 6.07) is 12.0. The number of carbonyl (C=O) groups is 1. The molecule has 2 aromatic rings. The van der Waals surface area contributed by atoms with Crippen molar-refractivity contribution in [2.24, 2.45) is 0 Å². The lowest BCUT2D eigenvalue weighted by Gasteiger charge is -2.32. The van der Waals surface area contributed by atoms with Gasteiger partial charge in [0.2, 0.25) is 15.9 Å². The molecule has 2 aromatic carbocycles. The lowest BCUT2D eigenvalue weighted by Crippen LogP contribution is -2.39. The Morgan fingerprint density at radius 2 is 1.76 bits per heavy atom. The lowest BCUT2D eigenvalue weighted by molar-refractivity contribution is -0.131. The van der Waals surface area contributed by atoms with E-state index in [0.717, 1.165) is 30.3 Å². The minimum atomic E-state index is -3.46. The molecule has 0 saturated carbocycles. The Balaban J connectivity index is 1.61. The van der Waals surface area contributed by atoms with Crippen LogP contribution in [-0.2, 0) is 40.2 Å². The van der Waals surface area contributed by atoms with Gasteiger partial charge in [-0.05, 0) is 41.8 Å². The van der Waals surface area contributed by atoms with Gasteiger partial charge in [0.25, 0.3) is 0 Å². The summed E-state index contributed by atoms with van der Waals surface area (Å²) in [4.78, 5) is 17.4. The number of sulfonamides is 1. The molecule has 234 valence electrons. The highest BCUT2D eigenvalue weighted by Crippen LogP contribution is 2.28. The summed E-state index contributed by atoms with van der Waals surface area (Å²) in [5, 5.41) is 0.822. The Kier molecular flexibility index (Phi) is 14.3. The van der Waals surface area contributed by atoms with Crippen molar-refractivity contribution in [1.29, 1.82) is 0 Å². The zero-order valence-corrected chi connectivity index (χ0v) is 26.7. The molecule has 0 spiro atoms. The molecule has 1 saturated heterocycles. The molecular weight excluding hydrogens is 605 g/mol. The molecule has 13 heteroatoms. The molecule has 1 heterocycles. The maximum Gasteiger partial charge on any atom is 0.229 e. The zero-order valence-electron chi connectivity index (χ0n) is 24.4. The Hall–Kier alpha value is -1.96. The lowest BCUT2D eigenvalue weighted by atomic mass is 10.0. The summed E-state index contributed by atoms with van der Waals surface area (Å²) < 4.78 is 48.2. The van der Waals surface area contributed by atoms with Crippen LogP contribution in [-0.4, -0.2) is 110 Å². The van der Waals surface area contributed by atoms with Crippen LogP contribution in [0.25, 0.3) is 0 Å². The number of anilines is 1. The third kappa shape index (κ3) is 12.0. The molecule has 0 bridgehead atoms. The molecule has 0 radical (unpaired) electrons. The van der Waals surface area contributed by atoms with Gasteiger partial charge in [0.05, 0.1) is 74.5 Å².